The van der Waals surface area contributed by atoms with Crippen molar-refractivity contribution in [2.75, 3.05) is 18.0 Å². The summed E-state index contributed by atoms with van der Waals surface area (Å²) >= 11 is 0. The molecule has 2 aromatic carbocycles. The first-order valence-electron chi connectivity index (χ1n) is 6.20. The standard InChI is InChI=1S/C15H15NO2/c17-15(18)13-7-8-16(10-13)14-6-5-11-3-1-2-4-12(11)9-14/h1-6,9,13H,7-8,10H2,(H,17,18). The molecule has 0 amide bonds. The van der Waals surface area contributed by atoms with Crippen molar-refractivity contribution in [3.8, 4) is 0 Å². The zero-order chi connectivity index (χ0) is 12.5. The fourth-order valence-corrected chi connectivity index (χ4v) is 2.57. The number of aliphatic carboxylic acids is 1. The number of fused-ring (bicyclic) bond motifs is 1. The molecule has 0 spiro atoms. The van der Waals surface area contributed by atoms with Crippen molar-refractivity contribution in [3.05, 3.63) is 42.5 Å². The van der Waals surface area contributed by atoms with Crippen LogP contribution in [0.2, 0.25) is 0 Å². The maximum atomic E-state index is 11.0. The molecule has 92 valence electrons. The Kier molecular flexibility index (Phi) is 2.67. The summed E-state index contributed by atoms with van der Waals surface area (Å²) < 4.78 is 0. The van der Waals surface area contributed by atoms with Crippen LogP contribution in [0.4, 0.5) is 5.69 Å². The number of hydrogen-bond donors (Lipinski definition) is 1. The minimum atomic E-state index is -0.682. The van der Waals surface area contributed by atoms with Crippen molar-refractivity contribution < 1.29 is 9.90 Å². The van der Waals surface area contributed by atoms with E-state index in [1.165, 1.54) is 10.8 Å². The summed E-state index contributed by atoms with van der Waals surface area (Å²) in [5.41, 5.74) is 1.12. The van der Waals surface area contributed by atoms with E-state index in [0.717, 1.165) is 18.7 Å². The van der Waals surface area contributed by atoms with Crippen molar-refractivity contribution in [1.29, 1.82) is 0 Å². The quantitative estimate of drug-likeness (QED) is 0.878. The van der Waals surface area contributed by atoms with Crippen LogP contribution in [0.25, 0.3) is 10.8 Å². The molecule has 3 heteroatoms. The van der Waals surface area contributed by atoms with Gasteiger partial charge in [0.25, 0.3) is 0 Å². The molecule has 0 bridgehead atoms. The minimum absolute atomic E-state index is 0.225. The molecule has 1 unspecified atom stereocenters. The molecule has 0 aliphatic carbocycles. The van der Waals surface area contributed by atoms with Gasteiger partial charge in [0, 0.05) is 18.8 Å². The molecule has 1 aliphatic heterocycles. The number of carboxylic acid groups (broad SMARTS) is 1. The van der Waals surface area contributed by atoms with Crippen molar-refractivity contribution in [2.45, 2.75) is 6.42 Å². The summed E-state index contributed by atoms with van der Waals surface area (Å²) in [5.74, 6) is -0.908. The fourth-order valence-electron chi connectivity index (χ4n) is 2.57. The van der Waals surface area contributed by atoms with Gasteiger partial charge in [0.2, 0.25) is 0 Å². The van der Waals surface area contributed by atoms with E-state index in [2.05, 4.69) is 35.2 Å². The SMILES string of the molecule is O=C(O)C1CCN(c2ccc3ccccc3c2)C1. The Morgan fingerprint density at radius 3 is 2.67 bits per heavy atom. The Labute approximate surface area is 106 Å². The average Bonchev–Trinajstić information content (AvgIpc) is 2.88. The number of hydrogen-bond acceptors (Lipinski definition) is 2. The Hall–Kier alpha value is -2.03. The van der Waals surface area contributed by atoms with Gasteiger partial charge in [0.15, 0.2) is 0 Å². The molecule has 1 aliphatic rings. The number of anilines is 1. The normalized spacial score (nSPS) is 19.3. The maximum absolute atomic E-state index is 11.0. The highest BCUT2D eigenvalue weighted by atomic mass is 16.4. The predicted molar refractivity (Wildman–Crippen MR) is 71.9 cm³/mol. The molecule has 1 atom stereocenters. The monoisotopic (exact) mass is 241 g/mol. The molecule has 0 saturated carbocycles. The van der Waals surface area contributed by atoms with Gasteiger partial charge >= 0.3 is 5.97 Å². The average molecular weight is 241 g/mol. The summed E-state index contributed by atoms with van der Waals surface area (Å²) in [4.78, 5) is 13.1. The highest BCUT2D eigenvalue weighted by Crippen LogP contribution is 2.27. The fraction of sp³-hybridized carbons (Fsp3) is 0.267. The molecule has 0 radical (unpaired) electrons. The zero-order valence-electron chi connectivity index (χ0n) is 10.0. The number of benzene rings is 2. The van der Waals surface area contributed by atoms with Crippen LogP contribution < -0.4 is 4.90 Å². The predicted octanol–water partition coefficient (Wildman–Crippen LogP) is 2.75. The van der Waals surface area contributed by atoms with E-state index in [4.69, 9.17) is 5.11 Å². The summed E-state index contributed by atoms with van der Waals surface area (Å²) in [5, 5.41) is 11.4. The van der Waals surface area contributed by atoms with Crippen LogP contribution in [0.3, 0.4) is 0 Å². The Bertz CT molecular complexity index is 594. The van der Waals surface area contributed by atoms with E-state index in [0.29, 0.717) is 6.54 Å². The van der Waals surface area contributed by atoms with Gasteiger partial charge in [-0.15, -0.1) is 0 Å². The van der Waals surface area contributed by atoms with Crippen LogP contribution in [0.5, 0.6) is 0 Å². The molecule has 3 rings (SSSR count). The molecular weight excluding hydrogens is 226 g/mol. The molecular formula is C15H15NO2. The van der Waals surface area contributed by atoms with Crippen LogP contribution in [0.1, 0.15) is 6.42 Å². The van der Waals surface area contributed by atoms with Gasteiger partial charge in [0.1, 0.15) is 0 Å². The number of carboxylic acids is 1. The Morgan fingerprint density at radius 2 is 1.94 bits per heavy atom. The molecule has 1 saturated heterocycles. The molecule has 18 heavy (non-hydrogen) atoms. The van der Waals surface area contributed by atoms with Gasteiger partial charge < -0.3 is 10.0 Å². The van der Waals surface area contributed by atoms with Crippen molar-refractivity contribution in [1.82, 2.24) is 0 Å². The molecule has 1 fully saturated rings. The summed E-state index contributed by atoms with van der Waals surface area (Å²) in [7, 11) is 0. The van der Waals surface area contributed by atoms with E-state index >= 15 is 0 Å². The van der Waals surface area contributed by atoms with E-state index < -0.39 is 5.97 Å². The van der Waals surface area contributed by atoms with Gasteiger partial charge in [-0.25, -0.2) is 0 Å². The van der Waals surface area contributed by atoms with E-state index in [1.807, 2.05) is 12.1 Å². The van der Waals surface area contributed by atoms with E-state index in [1.54, 1.807) is 0 Å². The van der Waals surface area contributed by atoms with Crippen molar-refractivity contribution in [2.24, 2.45) is 5.92 Å². The summed E-state index contributed by atoms with van der Waals surface area (Å²) in [6.07, 6.45) is 0.738. The van der Waals surface area contributed by atoms with Crippen molar-refractivity contribution >= 4 is 22.4 Å². The number of carbonyl (C=O) groups is 1. The molecule has 3 nitrogen and oxygen atoms in total. The van der Waals surface area contributed by atoms with Gasteiger partial charge in [-0.3, -0.25) is 4.79 Å². The lowest BCUT2D eigenvalue weighted by atomic mass is 10.1. The number of rotatable bonds is 2. The highest BCUT2D eigenvalue weighted by Gasteiger charge is 2.27. The third kappa shape index (κ3) is 1.92. The topological polar surface area (TPSA) is 40.5 Å². The zero-order valence-corrected chi connectivity index (χ0v) is 10.0. The summed E-state index contributed by atoms with van der Waals surface area (Å²) in [6.45, 7) is 1.45. The lowest BCUT2D eigenvalue weighted by Gasteiger charge is -2.18. The third-order valence-electron chi connectivity index (χ3n) is 3.64. The first-order chi connectivity index (χ1) is 8.74. The Balaban J connectivity index is 1.89. The molecule has 1 heterocycles. The third-order valence-corrected chi connectivity index (χ3v) is 3.64. The van der Waals surface area contributed by atoms with Gasteiger partial charge in [-0.1, -0.05) is 30.3 Å². The second-order valence-electron chi connectivity index (χ2n) is 4.80. The second-order valence-corrected chi connectivity index (χ2v) is 4.80. The highest BCUT2D eigenvalue weighted by molar-refractivity contribution is 5.86. The first-order valence-corrected chi connectivity index (χ1v) is 6.20. The van der Waals surface area contributed by atoms with Gasteiger partial charge in [0.05, 0.1) is 5.92 Å². The first kappa shape index (κ1) is 11.1. The smallest absolute Gasteiger partial charge is 0.308 e. The number of nitrogens with zero attached hydrogens (tertiary/aromatic N) is 1. The maximum Gasteiger partial charge on any atom is 0.308 e. The molecule has 1 N–H and O–H groups in total. The molecule has 2 aromatic rings. The van der Waals surface area contributed by atoms with Gasteiger partial charge in [-0.2, -0.15) is 0 Å². The largest absolute Gasteiger partial charge is 0.481 e. The van der Waals surface area contributed by atoms with Crippen molar-refractivity contribution in [3.63, 3.8) is 0 Å². The van der Waals surface area contributed by atoms with Crippen LogP contribution >= 0.6 is 0 Å². The van der Waals surface area contributed by atoms with Gasteiger partial charge in [-0.05, 0) is 29.3 Å². The Morgan fingerprint density at radius 1 is 1.17 bits per heavy atom. The van der Waals surface area contributed by atoms with E-state index in [-0.39, 0.29) is 5.92 Å². The van der Waals surface area contributed by atoms with Crippen LogP contribution in [0, 0.1) is 5.92 Å². The lowest BCUT2D eigenvalue weighted by molar-refractivity contribution is -0.140. The van der Waals surface area contributed by atoms with Crippen LogP contribution in [-0.2, 0) is 4.79 Å². The second kappa shape index (κ2) is 4.33. The lowest BCUT2D eigenvalue weighted by Crippen LogP contribution is -2.22. The van der Waals surface area contributed by atoms with Crippen LogP contribution in [-0.4, -0.2) is 24.2 Å². The van der Waals surface area contributed by atoms with E-state index in [9.17, 15) is 4.79 Å². The van der Waals surface area contributed by atoms with Crippen LogP contribution in [0.15, 0.2) is 42.5 Å². The minimum Gasteiger partial charge on any atom is -0.481 e. The summed E-state index contributed by atoms with van der Waals surface area (Å²) in [6, 6.07) is 14.5. The molecule has 0 aromatic heterocycles.